The number of amides is 2. The van der Waals surface area contributed by atoms with Crippen LogP contribution in [0.4, 0.5) is 20.6 Å². The van der Waals surface area contributed by atoms with Gasteiger partial charge < -0.3 is 20.3 Å². The van der Waals surface area contributed by atoms with E-state index in [0.29, 0.717) is 24.8 Å². The number of carbonyl (C=O) groups excluding carboxylic acids is 1. The molecule has 3 rings (SSSR count). The van der Waals surface area contributed by atoms with Gasteiger partial charge in [-0.3, -0.25) is 0 Å². The number of nitrogens with zero attached hydrogens (tertiary/aromatic N) is 1. The molecule has 23 heavy (non-hydrogen) atoms. The summed E-state index contributed by atoms with van der Waals surface area (Å²) >= 11 is 0. The monoisotopic (exact) mass is 321 g/mol. The lowest BCUT2D eigenvalue weighted by Gasteiger charge is -2.30. The number of halogens is 1. The number of hydrogen-bond donors (Lipinski definition) is 2. The molecule has 0 radical (unpaired) electrons. The van der Waals surface area contributed by atoms with Gasteiger partial charge in [0, 0.05) is 32.2 Å². The number of carbonyl (C=O) groups is 1. The Hall–Kier alpha value is -1.82. The van der Waals surface area contributed by atoms with E-state index in [0.717, 1.165) is 44.6 Å². The SMILES string of the molecule is O=C(NCC1CCOC1)Nc1cc(F)ccc1N1CCCCC1. The maximum absolute atomic E-state index is 13.6. The lowest BCUT2D eigenvalue weighted by atomic mass is 10.1. The van der Waals surface area contributed by atoms with Crippen molar-refractivity contribution in [1.82, 2.24) is 5.32 Å². The molecule has 0 aliphatic carbocycles. The van der Waals surface area contributed by atoms with E-state index in [1.807, 2.05) is 0 Å². The van der Waals surface area contributed by atoms with Gasteiger partial charge >= 0.3 is 6.03 Å². The molecule has 1 unspecified atom stereocenters. The fraction of sp³-hybridized carbons (Fsp3) is 0.588. The molecular weight excluding hydrogens is 297 g/mol. The maximum Gasteiger partial charge on any atom is 0.319 e. The summed E-state index contributed by atoms with van der Waals surface area (Å²) in [6, 6.07) is 4.30. The van der Waals surface area contributed by atoms with Crippen molar-refractivity contribution < 1.29 is 13.9 Å². The Morgan fingerprint density at radius 1 is 1.30 bits per heavy atom. The minimum absolute atomic E-state index is 0.291. The summed E-state index contributed by atoms with van der Waals surface area (Å²) < 4.78 is 18.9. The van der Waals surface area contributed by atoms with Crippen LogP contribution < -0.4 is 15.5 Å². The number of hydrogen-bond acceptors (Lipinski definition) is 3. The largest absolute Gasteiger partial charge is 0.381 e. The molecule has 126 valence electrons. The molecule has 2 aliphatic heterocycles. The smallest absolute Gasteiger partial charge is 0.319 e. The topological polar surface area (TPSA) is 53.6 Å². The van der Waals surface area contributed by atoms with E-state index < -0.39 is 0 Å². The number of benzene rings is 1. The van der Waals surface area contributed by atoms with Gasteiger partial charge in [0.25, 0.3) is 0 Å². The Balaban J connectivity index is 1.63. The van der Waals surface area contributed by atoms with Crippen LogP contribution in [0.25, 0.3) is 0 Å². The molecule has 0 spiro atoms. The van der Waals surface area contributed by atoms with Crippen LogP contribution in [0.1, 0.15) is 25.7 Å². The zero-order valence-corrected chi connectivity index (χ0v) is 13.3. The zero-order valence-electron chi connectivity index (χ0n) is 13.3. The minimum Gasteiger partial charge on any atom is -0.381 e. The first-order valence-corrected chi connectivity index (χ1v) is 8.39. The molecule has 1 aromatic carbocycles. The number of urea groups is 1. The molecule has 0 bridgehead atoms. The van der Waals surface area contributed by atoms with E-state index in [2.05, 4.69) is 15.5 Å². The Kier molecular flexibility index (Phi) is 5.33. The second-order valence-corrected chi connectivity index (χ2v) is 6.27. The lowest BCUT2D eigenvalue weighted by Crippen LogP contribution is -2.35. The quantitative estimate of drug-likeness (QED) is 0.896. The standard InChI is InChI=1S/C17H24FN3O2/c18-14-4-5-16(21-7-2-1-3-8-21)15(10-14)20-17(22)19-11-13-6-9-23-12-13/h4-5,10,13H,1-3,6-9,11-12H2,(H2,19,20,22). The van der Waals surface area contributed by atoms with E-state index in [-0.39, 0.29) is 11.8 Å². The van der Waals surface area contributed by atoms with Gasteiger partial charge in [-0.15, -0.1) is 0 Å². The molecule has 0 aromatic heterocycles. The van der Waals surface area contributed by atoms with E-state index in [1.165, 1.54) is 18.6 Å². The third kappa shape index (κ3) is 4.34. The van der Waals surface area contributed by atoms with Gasteiger partial charge in [0.05, 0.1) is 18.0 Å². The van der Waals surface area contributed by atoms with Gasteiger partial charge in [0.15, 0.2) is 0 Å². The fourth-order valence-corrected chi connectivity index (χ4v) is 3.17. The van der Waals surface area contributed by atoms with Crippen LogP contribution in [0.15, 0.2) is 18.2 Å². The van der Waals surface area contributed by atoms with E-state index in [9.17, 15) is 9.18 Å². The Bertz CT molecular complexity index is 541. The number of rotatable bonds is 4. The average Bonchev–Trinajstić information content (AvgIpc) is 3.07. The second kappa shape index (κ2) is 7.64. The lowest BCUT2D eigenvalue weighted by molar-refractivity contribution is 0.185. The summed E-state index contributed by atoms with van der Waals surface area (Å²) in [7, 11) is 0. The third-order valence-electron chi connectivity index (χ3n) is 4.48. The van der Waals surface area contributed by atoms with Crippen LogP contribution >= 0.6 is 0 Å². The highest BCUT2D eigenvalue weighted by atomic mass is 19.1. The molecule has 2 heterocycles. The van der Waals surface area contributed by atoms with Crippen molar-refractivity contribution in [1.29, 1.82) is 0 Å². The summed E-state index contributed by atoms with van der Waals surface area (Å²) in [5, 5.41) is 5.65. The summed E-state index contributed by atoms with van der Waals surface area (Å²) in [6.07, 6.45) is 4.46. The third-order valence-corrected chi connectivity index (χ3v) is 4.48. The van der Waals surface area contributed by atoms with Gasteiger partial charge in [-0.25, -0.2) is 9.18 Å². The van der Waals surface area contributed by atoms with Crippen molar-refractivity contribution in [2.75, 3.05) is 43.1 Å². The van der Waals surface area contributed by atoms with Gasteiger partial charge in [0.2, 0.25) is 0 Å². The first-order chi connectivity index (χ1) is 11.2. The van der Waals surface area contributed by atoms with E-state index in [1.54, 1.807) is 6.07 Å². The van der Waals surface area contributed by atoms with E-state index in [4.69, 9.17) is 4.74 Å². The molecule has 2 amide bonds. The molecule has 1 aromatic rings. The van der Waals surface area contributed by atoms with Gasteiger partial charge in [-0.2, -0.15) is 0 Å². The van der Waals surface area contributed by atoms with Crippen molar-refractivity contribution in [3.8, 4) is 0 Å². The van der Waals surface area contributed by atoms with E-state index >= 15 is 0 Å². The molecule has 6 heteroatoms. The summed E-state index contributed by atoms with van der Waals surface area (Å²) in [6.45, 7) is 3.93. The minimum atomic E-state index is -0.342. The maximum atomic E-state index is 13.6. The van der Waals surface area contributed by atoms with Gasteiger partial charge in [-0.05, 0) is 43.9 Å². The Morgan fingerprint density at radius 3 is 2.87 bits per heavy atom. The zero-order chi connectivity index (χ0) is 16.1. The molecule has 5 nitrogen and oxygen atoms in total. The van der Waals surface area contributed by atoms with Crippen LogP contribution in [-0.2, 0) is 4.74 Å². The highest BCUT2D eigenvalue weighted by molar-refractivity contribution is 5.93. The van der Waals surface area contributed by atoms with Crippen LogP contribution in [-0.4, -0.2) is 38.9 Å². The predicted molar refractivity (Wildman–Crippen MR) is 88.4 cm³/mol. The second-order valence-electron chi connectivity index (χ2n) is 6.27. The molecular formula is C17H24FN3O2. The first kappa shape index (κ1) is 16.1. The number of ether oxygens (including phenoxy) is 1. The molecule has 1 atom stereocenters. The molecule has 2 N–H and O–H groups in total. The highest BCUT2D eigenvalue weighted by Gasteiger charge is 2.18. The number of nitrogens with one attached hydrogen (secondary N) is 2. The molecule has 0 saturated carbocycles. The van der Waals surface area contributed by atoms with Crippen molar-refractivity contribution in [2.24, 2.45) is 5.92 Å². The van der Waals surface area contributed by atoms with Crippen molar-refractivity contribution in [3.05, 3.63) is 24.0 Å². The van der Waals surface area contributed by atoms with Crippen molar-refractivity contribution in [3.63, 3.8) is 0 Å². The van der Waals surface area contributed by atoms with Crippen LogP contribution in [0.5, 0.6) is 0 Å². The molecule has 2 aliphatic rings. The molecule has 2 fully saturated rings. The van der Waals surface area contributed by atoms with Gasteiger partial charge in [0.1, 0.15) is 5.82 Å². The van der Waals surface area contributed by atoms with Crippen molar-refractivity contribution >= 4 is 17.4 Å². The van der Waals surface area contributed by atoms with Crippen LogP contribution in [0.2, 0.25) is 0 Å². The Morgan fingerprint density at radius 2 is 2.13 bits per heavy atom. The predicted octanol–water partition coefficient (Wildman–Crippen LogP) is 2.97. The van der Waals surface area contributed by atoms with Crippen LogP contribution in [0.3, 0.4) is 0 Å². The molecule has 2 saturated heterocycles. The summed E-state index contributed by atoms with van der Waals surface area (Å²) in [5.41, 5.74) is 1.43. The number of anilines is 2. The first-order valence-electron chi connectivity index (χ1n) is 8.39. The summed E-state index contributed by atoms with van der Waals surface area (Å²) in [5.74, 6) is 0.0278. The summed E-state index contributed by atoms with van der Waals surface area (Å²) in [4.78, 5) is 14.3. The fourth-order valence-electron chi connectivity index (χ4n) is 3.17. The highest BCUT2D eigenvalue weighted by Crippen LogP contribution is 2.29. The number of piperidine rings is 1. The van der Waals surface area contributed by atoms with Gasteiger partial charge in [-0.1, -0.05) is 0 Å². The van der Waals surface area contributed by atoms with Crippen molar-refractivity contribution in [2.45, 2.75) is 25.7 Å². The van der Waals surface area contributed by atoms with Crippen LogP contribution in [0, 0.1) is 11.7 Å². The Labute approximate surface area is 136 Å². The average molecular weight is 321 g/mol. The normalized spacial score (nSPS) is 21.3.